The minimum absolute atomic E-state index is 0.173. The molecule has 0 N–H and O–H groups in total. The molecular formula is C14H18Si. The van der Waals surface area contributed by atoms with Crippen molar-refractivity contribution in [1.29, 1.82) is 0 Å². The lowest BCUT2D eigenvalue weighted by Gasteiger charge is -2.07. The van der Waals surface area contributed by atoms with Gasteiger partial charge in [0, 0.05) is 0 Å². The van der Waals surface area contributed by atoms with Gasteiger partial charge in [0.2, 0.25) is 0 Å². The van der Waals surface area contributed by atoms with Gasteiger partial charge in [0.25, 0.3) is 0 Å². The van der Waals surface area contributed by atoms with Crippen molar-refractivity contribution in [3.8, 4) is 0 Å². The highest BCUT2D eigenvalue weighted by atomic mass is 28.2. The van der Waals surface area contributed by atoms with Crippen LogP contribution in [0.15, 0.2) is 42.0 Å². The Morgan fingerprint density at radius 2 is 1.67 bits per heavy atom. The summed E-state index contributed by atoms with van der Waals surface area (Å²) in [4.78, 5) is 0. The fourth-order valence-corrected chi connectivity index (χ4v) is 4.50. The summed E-state index contributed by atoms with van der Waals surface area (Å²) in [5.41, 5.74) is 4.98. The smallest absolute Gasteiger partial charge is 0.0664 e. The van der Waals surface area contributed by atoms with Crippen LogP contribution < -0.4 is 5.19 Å². The minimum Gasteiger partial charge on any atom is -0.0803 e. The number of benzene rings is 1. The van der Waals surface area contributed by atoms with E-state index in [1.807, 2.05) is 0 Å². The fraction of sp³-hybridized carbons (Fsp3) is 0.286. The minimum atomic E-state index is -0.173. The Morgan fingerprint density at radius 3 is 2.20 bits per heavy atom. The molecule has 1 aromatic rings. The first kappa shape index (κ1) is 10.4. The third-order valence-electron chi connectivity index (χ3n) is 2.84. The van der Waals surface area contributed by atoms with E-state index >= 15 is 0 Å². The Hall–Kier alpha value is -1.08. The van der Waals surface area contributed by atoms with Gasteiger partial charge < -0.3 is 0 Å². The second-order valence-corrected chi connectivity index (χ2v) is 6.80. The number of aryl methyl sites for hydroxylation is 2. The second-order valence-electron chi connectivity index (χ2n) is 4.63. The maximum atomic E-state index is 2.41. The Labute approximate surface area is 94.5 Å². The van der Waals surface area contributed by atoms with Gasteiger partial charge in [-0.05, 0) is 26.3 Å². The van der Waals surface area contributed by atoms with Crippen LogP contribution in [0.3, 0.4) is 0 Å². The summed E-state index contributed by atoms with van der Waals surface area (Å²) in [5.74, 6) is 0. The molecule has 0 radical (unpaired) electrons. The SMILES string of the molecule is CC1=CC([SiH2]c2cc(C)cc(C)c2)C=C1. The molecular weight excluding hydrogens is 196 g/mol. The Morgan fingerprint density at radius 1 is 1.00 bits per heavy atom. The van der Waals surface area contributed by atoms with Gasteiger partial charge in [-0.1, -0.05) is 58.3 Å². The lowest BCUT2D eigenvalue weighted by atomic mass is 10.2. The van der Waals surface area contributed by atoms with Gasteiger partial charge >= 0.3 is 0 Å². The molecule has 0 saturated heterocycles. The van der Waals surface area contributed by atoms with E-state index in [-0.39, 0.29) is 9.52 Å². The van der Waals surface area contributed by atoms with Crippen molar-refractivity contribution in [2.45, 2.75) is 26.3 Å². The first-order valence-corrected chi connectivity index (χ1v) is 7.09. The zero-order valence-corrected chi connectivity index (χ0v) is 11.2. The third-order valence-corrected chi connectivity index (χ3v) is 4.70. The average Bonchev–Trinajstić information content (AvgIpc) is 2.49. The molecule has 0 saturated carbocycles. The molecule has 1 aliphatic rings. The van der Waals surface area contributed by atoms with Crippen LogP contribution in [0.25, 0.3) is 0 Å². The molecule has 0 aliphatic heterocycles. The van der Waals surface area contributed by atoms with Crippen LogP contribution in [-0.4, -0.2) is 9.52 Å². The van der Waals surface area contributed by atoms with Crippen LogP contribution >= 0.6 is 0 Å². The van der Waals surface area contributed by atoms with Crippen LogP contribution in [-0.2, 0) is 0 Å². The molecule has 2 rings (SSSR count). The normalized spacial score (nSPS) is 20.2. The van der Waals surface area contributed by atoms with E-state index < -0.39 is 0 Å². The predicted molar refractivity (Wildman–Crippen MR) is 70.7 cm³/mol. The molecule has 1 aromatic carbocycles. The molecule has 1 atom stereocenters. The number of allylic oxidation sites excluding steroid dienone is 4. The lowest BCUT2D eigenvalue weighted by Crippen LogP contribution is -2.17. The molecule has 1 aliphatic carbocycles. The van der Waals surface area contributed by atoms with Gasteiger partial charge in [-0.3, -0.25) is 0 Å². The molecule has 78 valence electrons. The van der Waals surface area contributed by atoms with Gasteiger partial charge in [-0.15, -0.1) is 0 Å². The Kier molecular flexibility index (Phi) is 2.92. The first-order valence-electron chi connectivity index (χ1n) is 5.57. The standard InChI is InChI=1S/C14H18Si/c1-10-4-5-13(7-10)15-14-8-11(2)6-12(3)9-14/h4-9,13H,15H2,1-3H3. The van der Waals surface area contributed by atoms with Crippen molar-refractivity contribution in [3.63, 3.8) is 0 Å². The number of hydrogen-bond donors (Lipinski definition) is 0. The highest BCUT2D eigenvalue weighted by molar-refractivity contribution is 6.56. The van der Waals surface area contributed by atoms with E-state index in [4.69, 9.17) is 0 Å². The molecule has 0 fully saturated rings. The summed E-state index contributed by atoms with van der Waals surface area (Å²) in [7, 11) is -0.173. The summed E-state index contributed by atoms with van der Waals surface area (Å²) in [6.07, 6.45) is 7.02. The van der Waals surface area contributed by atoms with Crippen LogP contribution in [0.1, 0.15) is 18.1 Å². The summed E-state index contributed by atoms with van der Waals surface area (Å²) in [6.45, 7) is 6.57. The summed E-state index contributed by atoms with van der Waals surface area (Å²) >= 11 is 0. The largest absolute Gasteiger partial charge is 0.0803 e. The van der Waals surface area contributed by atoms with E-state index in [0.29, 0.717) is 0 Å². The number of hydrogen-bond acceptors (Lipinski definition) is 0. The maximum absolute atomic E-state index is 2.41. The van der Waals surface area contributed by atoms with Crippen molar-refractivity contribution in [2.24, 2.45) is 0 Å². The van der Waals surface area contributed by atoms with E-state index in [1.54, 1.807) is 5.19 Å². The van der Waals surface area contributed by atoms with E-state index in [1.165, 1.54) is 16.7 Å². The zero-order valence-electron chi connectivity index (χ0n) is 9.75. The molecule has 0 nitrogen and oxygen atoms in total. The fourth-order valence-electron chi connectivity index (χ4n) is 2.31. The van der Waals surface area contributed by atoms with Crippen molar-refractivity contribution in [1.82, 2.24) is 0 Å². The molecule has 0 spiro atoms. The summed E-state index contributed by atoms with van der Waals surface area (Å²) in [6, 6.07) is 6.96. The summed E-state index contributed by atoms with van der Waals surface area (Å²) < 4.78 is 0. The van der Waals surface area contributed by atoms with Crippen LogP contribution in [0.4, 0.5) is 0 Å². The van der Waals surface area contributed by atoms with Gasteiger partial charge in [0.05, 0.1) is 9.52 Å². The molecule has 0 amide bonds. The van der Waals surface area contributed by atoms with Crippen molar-refractivity contribution in [2.75, 3.05) is 0 Å². The first-order chi connectivity index (χ1) is 7.13. The van der Waals surface area contributed by atoms with E-state index in [9.17, 15) is 0 Å². The van der Waals surface area contributed by atoms with Crippen LogP contribution in [0.2, 0.25) is 5.54 Å². The third kappa shape index (κ3) is 2.69. The molecule has 1 unspecified atom stereocenters. The van der Waals surface area contributed by atoms with Gasteiger partial charge in [-0.25, -0.2) is 0 Å². The van der Waals surface area contributed by atoms with Crippen LogP contribution in [0.5, 0.6) is 0 Å². The second kappa shape index (κ2) is 4.19. The predicted octanol–water partition coefficient (Wildman–Crippen LogP) is 2.40. The molecule has 0 bridgehead atoms. The number of rotatable bonds is 2. The summed E-state index contributed by atoms with van der Waals surface area (Å²) in [5, 5.41) is 1.59. The Balaban J connectivity index is 2.15. The highest BCUT2D eigenvalue weighted by Gasteiger charge is 2.09. The molecule has 0 heterocycles. The highest BCUT2D eigenvalue weighted by Crippen LogP contribution is 2.19. The quantitative estimate of drug-likeness (QED) is 0.663. The van der Waals surface area contributed by atoms with E-state index in [2.05, 4.69) is 57.2 Å². The average molecular weight is 214 g/mol. The van der Waals surface area contributed by atoms with Crippen molar-refractivity contribution in [3.05, 3.63) is 53.1 Å². The monoisotopic (exact) mass is 214 g/mol. The maximum Gasteiger partial charge on any atom is 0.0664 e. The van der Waals surface area contributed by atoms with E-state index in [0.717, 1.165) is 5.54 Å². The van der Waals surface area contributed by atoms with Crippen LogP contribution in [0, 0.1) is 13.8 Å². The molecule has 15 heavy (non-hydrogen) atoms. The van der Waals surface area contributed by atoms with Gasteiger partial charge in [-0.2, -0.15) is 0 Å². The molecule has 1 heteroatoms. The molecule has 0 aromatic heterocycles. The zero-order chi connectivity index (χ0) is 10.8. The lowest BCUT2D eigenvalue weighted by molar-refractivity contribution is 1.37. The van der Waals surface area contributed by atoms with Gasteiger partial charge in [0.1, 0.15) is 0 Å². The Bertz CT molecular complexity index is 407. The van der Waals surface area contributed by atoms with Crippen molar-refractivity contribution >= 4 is 14.7 Å². The topological polar surface area (TPSA) is 0 Å². The van der Waals surface area contributed by atoms with Gasteiger partial charge in [0.15, 0.2) is 0 Å². The van der Waals surface area contributed by atoms with Crippen molar-refractivity contribution < 1.29 is 0 Å².